The van der Waals surface area contributed by atoms with Gasteiger partial charge in [0.2, 0.25) is 0 Å². The van der Waals surface area contributed by atoms with Crippen LogP contribution in [0.2, 0.25) is 0 Å². The average molecular weight is 179 g/mol. The largest absolute Gasteiger partial charge is 0.383 e. The van der Waals surface area contributed by atoms with Crippen molar-refractivity contribution < 1.29 is 0 Å². The molecule has 0 aliphatic rings. The minimum atomic E-state index is 0.0254. The summed E-state index contributed by atoms with van der Waals surface area (Å²) in [4.78, 5) is 4.08. The van der Waals surface area contributed by atoms with Gasteiger partial charge in [-0.2, -0.15) is 0 Å². The predicted octanol–water partition coefficient (Wildman–Crippen LogP) is 1.77. The number of aryl methyl sites for hydroxylation is 1. The van der Waals surface area contributed by atoms with Gasteiger partial charge >= 0.3 is 0 Å². The van der Waals surface area contributed by atoms with Gasteiger partial charge in [-0.1, -0.05) is 13.3 Å². The van der Waals surface area contributed by atoms with Crippen molar-refractivity contribution in [2.45, 2.75) is 32.7 Å². The van der Waals surface area contributed by atoms with Crippen LogP contribution in [0.1, 0.15) is 36.9 Å². The Hall–Kier alpha value is -1.09. The summed E-state index contributed by atoms with van der Waals surface area (Å²) >= 11 is 0. The lowest BCUT2D eigenvalue weighted by atomic mass is 10.0. The topological polar surface area (TPSA) is 64.9 Å². The van der Waals surface area contributed by atoms with Gasteiger partial charge in [0.05, 0.1) is 0 Å². The molecule has 0 aromatic carbocycles. The summed E-state index contributed by atoms with van der Waals surface area (Å²) in [6.45, 7) is 4.11. The van der Waals surface area contributed by atoms with Gasteiger partial charge in [0, 0.05) is 17.8 Å². The third kappa shape index (κ3) is 2.42. The molecule has 0 aliphatic heterocycles. The van der Waals surface area contributed by atoms with E-state index >= 15 is 0 Å². The fraction of sp³-hybridized carbons (Fsp3) is 0.500. The van der Waals surface area contributed by atoms with Crippen LogP contribution in [-0.4, -0.2) is 4.98 Å². The molecule has 0 amide bonds. The Bertz CT molecular complexity index is 283. The molecule has 0 aliphatic carbocycles. The molecule has 3 heteroatoms. The lowest BCUT2D eigenvalue weighted by Gasteiger charge is -2.12. The molecule has 0 spiro atoms. The standard InChI is InChI=1S/C10H17N3/c1-3-4-9(11)8-5-7(2)6-13-10(8)12/h5-6,9H,3-4,11H2,1-2H3,(H2,12,13)/t9-/m1/s1. The van der Waals surface area contributed by atoms with E-state index in [0.29, 0.717) is 5.82 Å². The number of rotatable bonds is 3. The van der Waals surface area contributed by atoms with Gasteiger partial charge in [0.15, 0.2) is 0 Å². The molecule has 72 valence electrons. The van der Waals surface area contributed by atoms with Gasteiger partial charge in [-0.25, -0.2) is 4.98 Å². The molecule has 3 nitrogen and oxygen atoms in total. The highest BCUT2D eigenvalue weighted by molar-refractivity contribution is 5.42. The van der Waals surface area contributed by atoms with Crippen molar-refractivity contribution in [3.8, 4) is 0 Å². The Balaban J connectivity index is 2.91. The first-order valence-electron chi connectivity index (χ1n) is 4.62. The van der Waals surface area contributed by atoms with E-state index in [0.717, 1.165) is 24.0 Å². The first-order chi connectivity index (χ1) is 6.15. The van der Waals surface area contributed by atoms with Crippen LogP contribution in [-0.2, 0) is 0 Å². The maximum Gasteiger partial charge on any atom is 0.128 e. The van der Waals surface area contributed by atoms with Gasteiger partial charge in [-0.15, -0.1) is 0 Å². The number of hydrogen-bond donors (Lipinski definition) is 2. The van der Waals surface area contributed by atoms with Crippen LogP contribution in [0.3, 0.4) is 0 Å². The monoisotopic (exact) mass is 179 g/mol. The second-order valence-electron chi connectivity index (χ2n) is 3.38. The highest BCUT2D eigenvalue weighted by atomic mass is 14.8. The summed E-state index contributed by atoms with van der Waals surface area (Å²) in [7, 11) is 0. The molecule has 1 atom stereocenters. The van der Waals surface area contributed by atoms with Gasteiger partial charge in [0.25, 0.3) is 0 Å². The van der Waals surface area contributed by atoms with Crippen molar-refractivity contribution in [1.82, 2.24) is 4.98 Å². The molecule has 0 saturated carbocycles. The third-order valence-electron chi connectivity index (χ3n) is 2.09. The summed E-state index contributed by atoms with van der Waals surface area (Å²) in [5.74, 6) is 0.562. The lowest BCUT2D eigenvalue weighted by Crippen LogP contribution is -2.13. The minimum absolute atomic E-state index is 0.0254. The van der Waals surface area contributed by atoms with E-state index < -0.39 is 0 Å². The molecule has 1 aromatic rings. The van der Waals surface area contributed by atoms with Crippen LogP contribution in [0.4, 0.5) is 5.82 Å². The van der Waals surface area contributed by atoms with E-state index in [1.807, 2.05) is 13.0 Å². The maximum absolute atomic E-state index is 5.96. The molecular weight excluding hydrogens is 162 g/mol. The van der Waals surface area contributed by atoms with Crippen molar-refractivity contribution in [2.75, 3.05) is 5.73 Å². The summed E-state index contributed by atoms with van der Waals surface area (Å²) in [5.41, 5.74) is 13.8. The molecule has 4 N–H and O–H groups in total. The van der Waals surface area contributed by atoms with Crippen LogP contribution < -0.4 is 11.5 Å². The van der Waals surface area contributed by atoms with Crippen LogP contribution >= 0.6 is 0 Å². The van der Waals surface area contributed by atoms with E-state index in [2.05, 4.69) is 11.9 Å². The number of pyridine rings is 1. The number of anilines is 1. The Labute approximate surface area is 79.2 Å². The van der Waals surface area contributed by atoms with Crippen LogP contribution in [0.15, 0.2) is 12.3 Å². The zero-order valence-electron chi connectivity index (χ0n) is 8.25. The van der Waals surface area contributed by atoms with Gasteiger partial charge < -0.3 is 11.5 Å². The van der Waals surface area contributed by atoms with Crippen molar-refractivity contribution >= 4 is 5.82 Å². The summed E-state index contributed by atoms with van der Waals surface area (Å²) in [6.07, 6.45) is 3.78. The van der Waals surface area contributed by atoms with Crippen LogP contribution in [0.25, 0.3) is 0 Å². The van der Waals surface area contributed by atoms with E-state index in [-0.39, 0.29) is 6.04 Å². The van der Waals surface area contributed by atoms with Crippen molar-refractivity contribution in [3.63, 3.8) is 0 Å². The molecule has 0 saturated heterocycles. The number of nitrogens with zero attached hydrogens (tertiary/aromatic N) is 1. The van der Waals surface area contributed by atoms with E-state index in [1.54, 1.807) is 6.20 Å². The fourth-order valence-electron chi connectivity index (χ4n) is 1.37. The zero-order chi connectivity index (χ0) is 9.84. The second-order valence-corrected chi connectivity index (χ2v) is 3.38. The molecule has 0 unspecified atom stereocenters. The normalized spacial score (nSPS) is 12.8. The summed E-state index contributed by atoms with van der Waals surface area (Å²) in [6, 6.07) is 2.04. The molecule has 1 aromatic heterocycles. The number of aromatic nitrogens is 1. The summed E-state index contributed by atoms with van der Waals surface area (Å²) in [5, 5.41) is 0. The molecule has 0 fully saturated rings. The molecule has 1 rings (SSSR count). The Morgan fingerprint density at radius 2 is 2.23 bits per heavy atom. The second kappa shape index (κ2) is 4.23. The van der Waals surface area contributed by atoms with E-state index in [1.165, 1.54) is 0 Å². The summed E-state index contributed by atoms with van der Waals surface area (Å²) < 4.78 is 0. The SMILES string of the molecule is CCC[C@@H](N)c1cc(C)cnc1N. The predicted molar refractivity (Wildman–Crippen MR) is 55.2 cm³/mol. The van der Waals surface area contributed by atoms with E-state index in [9.17, 15) is 0 Å². The Morgan fingerprint density at radius 3 is 2.85 bits per heavy atom. The third-order valence-corrected chi connectivity index (χ3v) is 2.09. The zero-order valence-corrected chi connectivity index (χ0v) is 8.25. The number of nitrogen functional groups attached to an aromatic ring is 1. The van der Waals surface area contributed by atoms with Crippen molar-refractivity contribution in [1.29, 1.82) is 0 Å². The first-order valence-corrected chi connectivity index (χ1v) is 4.62. The van der Waals surface area contributed by atoms with Gasteiger partial charge in [0.1, 0.15) is 5.82 Å². The average Bonchev–Trinajstić information content (AvgIpc) is 2.09. The quantitative estimate of drug-likeness (QED) is 0.743. The highest BCUT2D eigenvalue weighted by Crippen LogP contribution is 2.20. The molecular formula is C10H17N3. The van der Waals surface area contributed by atoms with Crippen molar-refractivity contribution in [3.05, 3.63) is 23.4 Å². The first kappa shape index (κ1) is 9.99. The van der Waals surface area contributed by atoms with Crippen molar-refractivity contribution in [2.24, 2.45) is 5.73 Å². The molecule has 0 bridgehead atoms. The molecule has 1 heterocycles. The Morgan fingerprint density at radius 1 is 1.54 bits per heavy atom. The van der Waals surface area contributed by atoms with Gasteiger partial charge in [-0.3, -0.25) is 0 Å². The smallest absolute Gasteiger partial charge is 0.128 e. The fourth-order valence-corrected chi connectivity index (χ4v) is 1.37. The molecule has 13 heavy (non-hydrogen) atoms. The van der Waals surface area contributed by atoms with E-state index in [4.69, 9.17) is 11.5 Å². The minimum Gasteiger partial charge on any atom is -0.383 e. The van der Waals surface area contributed by atoms with Gasteiger partial charge in [-0.05, 0) is 25.0 Å². The highest BCUT2D eigenvalue weighted by Gasteiger charge is 2.09. The number of hydrogen-bond acceptors (Lipinski definition) is 3. The van der Waals surface area contributed by atoms with Crippen LogP contribution in [0.5, 0.6) is 0 Å². The van der Waals surface area contributed by atoms with Crippen LogP contribution in [0, 0.1) is 6.92 Å². The maximum atomic E-state index is 5.96. The Kier molecular flexibility index (Phi) is 3.25. The molecule has 0 radical (unpaired) electrons. The lowest BCUT2D eigenvalue weighted by molar-refractivity contribution is 0.638. The number of nitrogens with two attached hydrogens (primary N) is 2.